The molecule has 2 aliphatic rings. The van der Waals surface area contributed by atoms with Gasteiger partial charge in [0.25, 0.3) is 0 Å². The SMILES string of the molecule is C/C(=C\C1C(Br)=C[C@@H]1CC[C@H]1NCC(I)S1)C(F)(F)F. The fourth-order valence-electron chi connectivity index (χ4n) is 2.35. The molecule has 0 spiro atoms. The van der Waals surface area contributed by atoms with Crippen LogP contribution in [0.3, 0.4) is 0 Å². The third kappa shape index (κ3) is 4.39. The normalized spacial score (nSPS) is 34.9. The van der Waals surface area contributed by atoms with E-state index in [9.17, 15) is 13.2 Å². The highest BCUT2D eigenvalue weighted by Gasteiger charge is 2.35. The Balaban J connectivity index is 1.87. The van der Waals surface area contributed by atoms with Crippen molar-refractivity contribution in [2.45, 2.75) is 34.6 Å². The molecule has 20 heavy (non-hydrogen) atoms. The lowest BCUT2D eigenvalue weighted by Crippen LogP contribution is -2.26. The maximum atomic E-state index is 12.6. The molecule has 0 amide bonds. The molecule has 0 bridgehead atoms. The van der Waals surface area contributed by atoms with E-state index >= 15 is 0 Å². The molecule has 2 rings (SSSR count). The molecule has 2 unspecified atom stereocenters. The van der Waals surface area contributed by atoms with Crippen LogP contribution in [0.15, 0.2) is 22.2 Å². The fraction of sp³-hybridized carbons (Fsp3) is 0.692. The second kappa shape index (κ2) is 6.91. The quantitative estimate of drug-likeness (QED) is 0.335. The molecule has 7 heteroatoms. The molecule has 4 atom stereocenters. The Morgan fingerprint density at radius 3 is 2.75 bits per heavy atom. The van der Waals surface area contributed by atoms with Crippen LogP contribution in [0.2, 0.25) is 0 Å². The van der Waals surface area contributed by atoms with E-state index in [0.29, 0.717) is 8.63 Å². The lowest BCUT2D eigenvalue weighted by molar-refractivity contribution is -0.0918. The summed E-state index contributed by atoms with van der Waals surface area (Å²) in [5.74, 6) is 0.107. The summed E-state index contributed by atoms with van der Waals surface area (Å²) in [5, 5.41) is 3.87. The summed E-state index contributed by atoms with van der Waals surface area (Å²) in [6, 6.07) is 0. The van der Waals surface area contributed by atoms with Gasteiger partial charge in [0.05, 0.1) is 8.63 Å². The number of halogens is 5. The van der Waals surface area contributed by atoms with Crippen LogP contribution in [0.4, 0.5) is 13.2 Å². The lowest BCUT2D eigenvalue weighted by Gasteiger charge is -2.32. The van der Waals surface area contributed by atoms with Crippen LogP contribution in [0, 0.1) is 11.8 Å². The molecule has 1 fully saturated rings. The number of hydrogen-bond donors (Lipinski definition) is 1. The average Bonchev–Trinajstić information content (AvgIpc) is 2.75. The molecule has 0 saturated carbocycles. The maximum Gasteiger partial charge on any atom is 0.412 e. The van der Waals surface area contributed by atoms with Gasteiger partial charge in [0.2, 0.25) is 0 Å². The van der Waals surface area contributed by atoms with Crippen LogP contribution in [0.25, 0.3) is 0 Å². The van der Waals surface area contributed by atoms with E-state index in [1.165, 1.54) is 6.08 Å². The highest BCUT2D eigenvalue weighted by molar-refractivity contribution is 14.1. The van der Waals surface area contributed by atoms with Gasteiger partial charge in [-0.15, -0.1) is 11.8 Å². The Labute approximate surface area is 143 Å². The zero-order valence-electron chi connectivity index (χ0n) is 10.9. The van der Waals surface area contributed by atoms with Gasteiger partial charge >= 0.3 is 6.18 Å². The Kier molecular flexibility index (Phi) is 5.93. The highest BCUT2D eigenvalue weighted by atomic mass is 127. The van der Waals surface area contributed by atoms with Gasteiger partial charge in [0.1, 0.15) is 0 Å². The Morgan fingerprint density at radius 1 is 1.55 bits per heavy atom. The Morgan fingerprint density at radius 2 is 2.25 bits per heavy atom. The first-order valence-corrected chi connectivity index (χ1v) is 9.41. The summed E-state index contributed by atoms with van der Waals surface area (Å²) in [5.41, 5.74) is -0.502. The summed E-state index contributed by atoms with van der Waals surface area (Å²) in [4.78, 5) is 0. The predicted molar refractivity (Wildman–Crippen MR) is 90.2 cm³/mol. The molecule has 1 heterocycles. The fourth-order valence-corrected chi connectivity index (χ4v) is 5.49. The molecule has 1 nitrogen and oxygen atoms in total. The molecule has 1 aliphatic carbocycles. The minimum Gasteiger partial charge on any atom is -0.303 e. The van der Waals surface area contributed by atoms with Crippen LogP contribution in [0.1, 0.15) is 19.8 Å². The smallest absolute Gasteiger partial charge is 0.303 e. The maximum absolute atomic E-state index is 12.6. The first-order valence-electron chi connectivity index (χ1n) is 6.43. The van der Waals surface area contributed by atoms with Crippen LogP contribution in [-0.2, 0) is 0 Å². The second-order valence-corrected chi connectivity index (χ2v) is 9.78. The summed E-state index contributed by atoms with van der Waals surface area (Å²) >= 11 is 7.67. The zero-order valence-corrected chi connectivity index (χ0v) is 15.4. The summed E-state index contributed by atoms with van der Waals surface area (Å²) in [7, 11) is 0. The number of nitrogens with one attached hydrogen (secondary N) is 1. The van der Waals surface area contributed by atoms with Crippen molar-refractivity contribution < 1.29 is 13.2 Å². The summed E-state index contributed by atoms with van der Waals surface area (Å²) < 4.78 is 39.2. The van der Waals surface area contributed by atoms with E-state index < -0.39 is 11.7 Å². The van der Waals surface area contributed by atoms with Gasteiger partial charge in [-0.2, -0.15) is 13.2 Å². The van der Waals surface area contributed by atoms with Crippen LogP contribution < -0.4 is 5.32 Å². The van der Waals surface area contributed by atoms with Gasteiger partial charge in [0.15, 0.2) is 0 Å². The number of thioether (sulfide) groups is 1. The average molecular weight is 482 g/mol. The van der Waals surface area contributed by atoms with Gasteiger partial charge in [0, 0.05) is 18.0 Å². The number of hydrogen-bond acceptors (Lipinski definition) is 2. The number of rotatable bonds is 4. The third-order valence-electron chi connectivity index (χ3n) is 3.61. The standard InChI is InChI=1S/C13H16BrF3INS/c1-7(13(15,16)17)4-9-8(5-10(9)14)2-3-12-19-6-11(18)20-12/h4-5,8-9,11-12,19H,2-3,6H2,1H3/b7-4+/t8-,9?,11?,12-/m0/s1. The minimum absolute atomic E-state index is 0.113. The van der Waals surface area contributed by atoms with Crippen molar-refractivity contribution >= 4 is 50.3 Å². The van der Waals surface area contributed by atoms with E-state index in [1.54, 1.807) is 0 Å². The van der Waals surface area contributed by atoms with Crippen molar-refractivity contribution in [3.05, 3.63) is 22.2 Å². The lowest BCUT2D eigenvalue weighted by atomic mass is 9.78. The van der Waals surface area contributed by atoms with Crippen LogP contribution in [-0.4, -0.2) is 21.4 Å². The van der Waals surface area contributed by atoms with E-state index in [-0.39, 0.29) is 11.8 Å². The molecule has 1 saturated heterocycles. The molecule has 0 aromatic carbocycles. The van der Waals surface area contributed by atoms with Crippen LogP contribution in [0.5, 0.6) is 0 Å². The molecule has 1 N–H and O–H groups in total. The van der Waals surface area contributed by atoms with Gasteiger partial charge in [-0.1, -0.05) is 50.7 Å². The molecule has 0 aromatic heterocycles. The minimum atomic E-state index is -4.22. The van der Waals surface area contributed by atoms with E-state index in [4.69, 9.17) is 0 Å². The van der Waals surface area contributed by atoms with E-state index in [1.807, 2.05) is 17.8 Å². The predicted octanol–water partition coefficient (Wildman–Crippen LogP) is 5.22. The Hall–Kier alpha value is 0.790. The van der Waals surface area contributed by atoms with Gasteiger partial charge in [-0.05, 0) is 30.2 Å². The van der Waals surface area contributed by atoms with Gasteiger partial charge in [-0.3, -0.25) is 0 Å². The van der Waals surface area contributed by atoms with E-state index in [2.05, 4.69) is 43.8 Å². The van der Waals surface area contributed by atoms with Crippen molar-refractivity contribution in [3.63, 3.8) is 0 Å². The Bertz CT molecular complexity index is 424. The van der Waals surface area contributed by atoms with Crippen molar-refractivity contribution in [1.82, 2.24) is 5.32 Å². The van der Waals surface area contributed by atoms with Crippen molar-refractivity contribution in [3.8, 4) is 0 Å². The highest BCUT2D eigenvalue weighted by Crippen LogP contribution is 2.44. The van der Waals surface area contributed by atoms with Crippen molar-refractivity contribution in [2.75, 3.05) is 6.54 Å². The summed E-state index contributed by atoms with van der Waals surface area (Å²) in [6.07, 6.45) is 1.10. The first-order chi connectivity index (χ1) is 9.27. The molecular weight excluding hydrogens is 466 g/mol. The van der Waals surface area contributed by atoms with Gasteiger partial charge < -0.3 is 5.32 Å². The molecule has 114 valence electrons. The molecular formula is C13H16BrF3INS. The molecule has 0 aromatic rings. The first kappa shape index (κ1) is 17.1. The van der Waals surface area contributed by atoms with Gasteiger partial charge in [-0.25, -0.2) is 0 Å². The third-order valence-corrected chi connectivity index (χ3v) is 6.92. The number of alkyl halides is 4. The van der Waals surface area contributed by atoms with E-state index in [0.717, 1.165) is 30.8 Å². The van der Waals surface area contributed by atoms with Crippen LogP contribution >= 0.6 is 50.3 Å². The van der Waals surface area contributed by atoms with Crippen molar-refractivity contribution in [2.24, 2.45) is 11.8 Å². The topological polar surface area (TPSA) is 12.0 Å². The zero-order chi connectivity index (χ0) is 14.9. The summed E-state index contributed by atoms with van der Waals surface area (Å²) in [6.45, 7) is 2.15. The molecule has 1 aliphatic heterocycles. The molecule has 0 radical (unpaired) electrons. The monoisotopic (exact) mass is 481 g/mol. The number of allylic oxidation sites excluding steroid dienone is 4. The largest absolute Gasteiger partial charge is 0.412 e. The van der Waals surface area contributed by atoms with Crippen molar-refractivity contribution in [1.29, 1.82) is 0 Å². The second-order valence-electron chi connectivity index (χ2n) is 5.11.